The molecule has 2 N–H and O–H groups in total. The van der Waals surface area contributed by atoms with E-state index in [1.165, 1.54) is 59.2 Å². The van der Waals surface area contributed by atoms with E-state index in [1.807, 2.05) is 0 Å². The van der Waals surface area contributed by atoms with Crippen molar-refractivity contribution in [2.45, 2.75) is 16.4 Å². The van der Waals surface area contributed by atoms with E-state index < -0.39 is 26.5 Å². The number of hydrogen-bond donors (Lipinski definition) is 2. The SMILES string of the molecule is Cn1cc(-c2cc(S(C)(=O)=O)ccc2Oc2cccc(NS(=O)(=O)c3cccc(OC(F)F)c3)c2)c2cc[nH]c2c1=O. The second kappa shape index (κ2) is 10.9. The minimum atomic E-state index is -4.19. The topological polar surface area (TPSA) is 137 Å². The number of anilines is 1. The Labute approximate surface area is 239 Å². The molecule has 2 aromatic heterocycles. The number of aryl methyl sites for hydroxylation is 1. The zero-order valence-corrected chi connectivity index (χ0v) is 23.7. The van der Waals surface area contributed by atoms with E-state index in [1.54, 1.807) is 31.6 Å². The fourth-order valence-corrected chi connectivity index (χ4v) is 6.04. The van der Waals surface area contributed by atoms with Crippen molar-refractivity contribution in [2.75, 3.05) is 11.0 Å². The van der Waals surface area contributed by atoms with Crippen LogP contribution in [0.3, 0.4) is 0 Å². The van der Waals surface area contributed by atoms with Crippen LogP contribution in [-0.4, -0.2) is 39.3 Å². The van der Waals surface area contributed by atoms with Crippen LogP contribution in [0.15, 0.2) is 99.8 Å². The highest BCUT2D eigenvalue weighted by atomic mass is 32.2. The fraction of sp³-hybridized carbons (Fsp3) is 0.107. The summed E-state index contributed by atoms with van der Waals surface area (Å²) in [7, 11) is -6.23. The number of hydrogen-bond acceptors (Lipinski definition) is 7. The highest BCUT2D eigenvalue weighted by molar-refractivity contribution is 7.92. The molecule has 5 aromatic rings. The first kappa shape index (κ1) is 28.8. The van der Waals surface area contributed by atoms with Crippen LogP contribution < -0.4 is 19.8 Å². The second-order valence-electron chi connectivity index (χ2n) is 9.24. The molecule has 42 heavy (non-hydrogen) atoms. The van der Waals surface area contributed by atoms with Crippen LogP contribution >= 0.6 is 0 Å². The number of fused-ring (bicyclic) bond motifs is 1. The first-order valence-electron chi connectivity index (χ1n) is 12.2. The molecule has 0 saturated heterocycles. The Balaban J connectivity index is 1.52. The van der Waals surface area contributed by atoms with Gasteiger partial charge in [-0.3, -0.25) is 9.52 Å². The summed E-state index contributed by atoms with van der Waals surface area (Å²) in [5, 5.41) is 0.549. The predicted molar refractivity (Wildman–Crippen MR) is 152 cm³/mol. The van der Waals surface area contributed by atoms with Crippen molar-refractivity contribution < 1.29 is 35.1 Å². The van der Waals surface area contributed by atoms with Crippen LogP contribution in [0, 0.1) is 0 Å². The van der Waals surface area contributed by atoms with Gasteiger partial charge in [0.2, 0.25) is 0 Å². The van der Waals surface area contributed by atoms with E-state index in [4.69, 9.17) is 4.74 Å². The van der Waals surface area contributed by atoms with Gasteiger partial charge < -0.3 is 19.0 Å². The molecule has 0 radical (unpaired) electrons. The molecular weight excluding hydrogens is 592 g/mol. The number of nitrogens with one attached hydrogen (secondary N) is 2. The number of alkyl halides is 2. The molecule has 0 aliphatic heterocycles. The van der Waals surface area contributed by atoms with Crippen molar-refractivity contribution in [1.82, 2.24) is 9.55 Å². The molecule has 2 heterocycles. The maximum atomic E-state index is 13.0. The normalized spacial score (nSPS) is 12.0. The van der Waals surface area contributed by atoms with Crippen LogP contribution in [0.2, 0.25) is 0 Å². The van der Waals surface area contributed by atoms with Crippen LogP contribution in [0.1, 0.15) is 0 Å². The number of sulfone groups is 1. The Kier molecular flexibility index (Phi) is 7.51. The maximum Gasteiger partial charge on any atom is 0.387 e. The van der Waals surface area contributed by atoms with Crippen LogP contribution in [-0.2, 0) is 26.9 Å². The summed E-state index contributed by atoms with van der Waals surface area (Å²) in [6, 6.07) is 16.6. The van der Waals surface area contributed by atoms with E-state index in [0.29, 0.717) is 22.0 Å². The average molecular weight is 616 g/mol. The van der Waals surface area contributed by atoms with Gasteiger partial charge in [0.15, 0.2) is 9.84 Å². The third-order valence-corrected chi connectivity index (χ3v) is 8.71. The highest BCUT2D eigenvalue weighted by Gasteiger charge is 2.20. The number of sulfonamides is 1. The Hall–Kier alpha value is -4.69. The van der Waals surface area contributed by atoms with E-state index >= 15 is 0 Å². The molecule has 0 spiro atoms. The molecule has 0 fully saturated rings. The molecule has 5 rings (SSSR count). The summed E-state index contributed by atoms with van der Waals surface area (Å²) in [5.74, 6) is 0.124. The molecule has 0 saturated carbocycles. The molecule has 0 unspecified atom stereocenters. The summed E-state index contributed by atoms with van der Waals surface area (Å²) >= 11 is 0. The lowest BCUT2D eigenvalue weighted by molar-refractivity contribution is -0.0500. The van der Waals surface area contributed by atoms with Gasteiger partial charge >= 0.3 is 6.61 Å². The van der Waals surface area contributed by atoms with Crippen molar-refractivity contribution in [3.05, 3.63) is 95.5 Å². The number of aromatic amines is 1. The minimum absolute atomic E-state index is 0.0296. The standard InChI is InChI=1S/C28H23F2N3O7S2/c1-33-16-24(22-11-12-31-26(22)27(33)34)23-15-20(41(2,35)36)9-10-25(23)39-18-6-3-5-17(13-18)32-42(37,38)21-8-4-7-19(14-21)40-28(29)30/h3-16,28,31-32H,1-2H3. The number of rotatable bonds is 9. The van der Waals surface area contributed by atoms with Crippen LogP contribution in [0.4, 0.5) is 14.5 Å². The highest BCUT2D eigenvalue weighted by Crippen LogP contribution is 2.38. The third-order valence-electron chi connectivity index (χ3n) is 6.22. The first-order valence-corrected chi connectivity index (χ1v) is 15.6. The van der Waals surface area contributed by atoms with E-state index in [9.17, 15) is 30.4 Å². The van der Waals surface area contributed by atoms with E-state index in [-0.39, 0.29) is 38.3 Å². The van der Waals surface area contributed by atoms with E-state index in [2.05, 4.69) is 14.4 Å². The number of pyridine rings is 1. The van der Waals surface area contributed by atoms with Crippen molar-refractivity contribution >= 4 is 36.5 Å². The summed E-state index contributed by atoms with van der Waals surface area (Å²) in [5.41, 5.74) is 1.06. The van der Waals surface area contributed by atoms with Gasteiger partial charge in [-0.15, -0.1) is 0 Å². The quantitative estimate of drug-likeness (QED) is 0.235. The van der Waals surface area contributed by atoms with Gasteiger partial charge in [-0.05, 0) is 48.5 Å². The van der Waals surface area contributed by atoms with Crippen molar-refractivity contribution in [1.29, 1.82) is 0 Å². The van der Waals surface area contributed by atoms with Gasteiger partial charge in [0.1, 0.15) is 22.8 Å². The van der Waals surface area contributed by atoms with Gasteiger partial charge in [-0.1, -0.05) is 12.1 Å². The monoisotopic (exact) mass is 615 g/mol. The zero-order valence-electron chi connectivity index (χ0n) is 22.0. The zero-order chi connectivity index (χ0) is 30.2. The molecule has 0 atom stereocenters. The molecule has 14 heteroatoms. The Bertz CT molecular complexity index is 2090. The predicted octanol–water partition coefficient (Wildman–Crippen LogP) is 5.13. The Morgan fingerprint density at radius 3 is 2.36 bits per heavy atom. The molecule has 0 amide bonds. The van der Waals surface area contributed by atoms with Gasteiger partial charge in [0, 0.05) is 54.3 Å². The molecule has 0 aliphatic carbocycles. The summed E-state index contributed by atoms with van der Waals surface area (Å²) in [6.07, 6.45) is 4.24. The van der Waals surface area contributed by atoms with Gasteiger partial charge in [0.05, 0.1) is 15.5 Å². The summed E-state index contributed by atoms with van der Waals surface area (Å²) in [4.78, 5) is 15.2. The number of aromatic nitrogens is 2. The lowest BCUT2D eigenvalue weighted by Gasteiger charge is -2.16. The van der Waals surface area contributed by atoms with Crippen LogP contribution in [0.5, 0.6) is 17.2 Å². The number of benzene rings is 3. The molecular formula is C28H23F2N3O7S2. The minimum Gasteiger partial charge on any atom is -0.457 e. The van der Waals surface area contributed by atoms with E-state index in [0.717, 1.165) is 12.3 Å². The van der Waals surface area contributed by atoms with Crippen molar-refractivity contribution in [3.63, 3.8) is 0 Å². The largest absolute Gasteiger partial charge is 0.457 e. The van der Waals surface area contributed by atoms with Gasteiger partial charge in [-0.2, -0.15) is 8.78 Å². The fourth-order valence-electron chi connectivity index (χ4n) is 4.30. The van der Waals surface area contributed by atoms with Crippen molar-refractivity contribution in [2.24, 2.45) is 7.05 Å². The third kappa shape index (κ3) is 5.99. The summed E-state index contributed by atoms with van der Waals surface area (Å²) in [6.45, 7) is -3.12. The lowest BCUT2D eigenvalue weighted by atomic mass is 10.0. The maximum absolute atomic E-state index is 13.0. The first-order chi connectivity index (χ1) is 19.8. The molecule has 0 aliphatic rings. The van der Waals surface area contributed by atoms with Crippen LogP contribution in [0.25, 0.3) is 22.0 Å². The smallest absolute Gasteiger partial charge is 0.387 e. The summed E-state index contributed by atoms with van der Waals surface area (Å²) < 4.78 is 90.0. The lowest BCUT2D eigenvalue weighted by Crippen LogP contribution is -2.16. The Morgan fingerprint density at radius 2 is 1.62 bits per heavy atom. The number of halogens is 2. The molecule has 0 bridgehead atoms. The Morgan fingerprint density at radius 1 is 0.881 bits per heavy atom. The van der Waals surface area contributed by atoms with Gasteiger partial charge in [-0.25, -0.2) is 16.8 Å². The van der Waals surface area contributed by atoms with Gasteiger partial charge in [0.25, 0.3) is 15.6 Å². The number of H-pyrrole nitrogens is 1. The molecule has 218 valence electrons. The van der Waals surface area contributed by atoms with Crippen molar-refractivity contribution in [3.8, 4) is 28.4 Å². The number of nitrogens with zero attached hydrogens (tertiary/aromatic N) is 1. The number of ether oxygens (including phenoxy) is 2. The second-order valence-corrected chi connectivity index (χ2v) is 12.9. The molecule has 3 aromatic carbocycles. The average Bonchev–Trinajstić information content (AvgIpc) is 3.41. The molecule has 10 nitrogen and oxygen atoms in total.